The van der Waals surface area contributed by atoms with Crippen LogP contribution in [0.3, 0.4) is 0 Å². The molecular weight excluding hydrogens is 645 g/mol. The number of imidazole rings is 1. The van der Waals surface area contributed by atoms with E-state index in [0.717, 1.165) is 45.2 Å². The van der Waals surface area contributed by atoms with E-state index in [2.05, 4.69) is 193 Å². The Balaban J connectivity index is 1.16. The summed E-state index contributed by atoms with van der Waals surface area (Å²) in [5.74, 6) is 0.877. The highest BCUT2D eigenvalue weighted by molar-refractivity contribution is 6.08. The summed E-state index contributed by atoms with van der Waals surface area (Å²) >= 11 is 0. The van der Waals surface area contributed by atoms with Gasteiger partial charge in [-0.25, -0.2) is 9.47 Å². The van der Waals surface area contributed by atoms with Gasteiger partial charge in [0.05, 0.1) is 18.4 Å². The van der Waals surface area contributed by atoms with Gasteiger partial charge in [-0.2, -0.15) is 0 Å². The molecular formula is C49H39N4+. The smallest absolute Gasteiger partial charge is 0.145 e. The lowest BCUT2D eigenvalue weighted by Crippen LogP contribution is -2.33. The molecule has 4 nitrogen and oxygen atoms in total. The molecule has 0 fully saturated rings. The van der Waals surface area contributed by atoms with Crippen LogP contribution in [-0.4, -0.2) is 21.6 Å². The predicted molar refractivity (Wildman–Crippen MR) is 226 cm³/mol. The summed E-state index contributed by atoms with van der Waals surface area (Å²) in [4.78, 5) is 8.65. The van der Waals surface area contributed by atoms with Crippen LogP contribution in [0.2, 0.25) is 0 Å². The number of aromatic amines is 1. The summed E-state index contributed by atoms with van der Waals surface area (Å²) in [5.41, 5.74) is 12.1. The molecule has 0 aliphatic rings. The Bertz CT molecular complexity index is 2800. The zero-order chi connectivity index (χ0) is 35.9. The van der Waals surface area contributed by atoms with Gasteiger partial charge in [0.1, 0.15) is 22.9 Å². The standard InChI is InChI=1S/C49H39N4/c1-4-13-48-45(5-2)51-49(52(48)39-16-7-6-8-17-39)36-23-28-41(29-24-36)53(3,42-30-22-34-14-9-10-15-37(34)32-42)40-26-20-35(21-27-40)38-25-31-47-44(33-38)43-18-11-12-19-46(43)50-47/h4-33,50H,2H2,1,3H3/q+1/b13-4-. The van der Waals surface area contributed by atoms with Gasteiger partial charge in [0.15, 0.2) is 0 Å². The van der Waals surface area contributed by atoms with Crippen molar-refractivity contribution in [2.45, 2.75) is 6.92 Å². The first-order valence-electron chi connectivity index (χ1n) is 18.1. The van der Waals surface area contributed by atoms with Crippen LogP contribution in [0.1, 0.15) is 18.3 Å². The van der Waals surface area contributed by atoms with Crippen LogP contribution in [0, 0.1) is 0 Å². The summed E-state index contributed by atoms with van der Waals surface area (Å²) in [6.07, 6.45) is 5.99. The molecule has 0 amide bonds. The van der Waals surface area contributed by atoms with E-state index < -0.39 is 0 Å². The van der Waals surface area contributed by atoms with E-state index in [1.54, 1.807) is 0 Å². The summed E-state index contributed by atoms with van der Waals surface area (Å²) in [6, 6.07) is 59.0. The topological polar surface area (TPSA) is 33.6 Å². The van der Waals surface area contributed by atoms with Crippen molar-refractivity contribution in [1.82, 2.24) is 19.0 Å². The van der Waals surface area contributed by atoms with Crippen LogP contribution >= 0.6 is 0 Å². The van der Waals surface area contributed by atoms with E-state index in [9.17, 15) is 0 Å². The monoisotopic (exact) mass is 683 g/mol. The number of para-hydroxylation sites is 2. The van der Waals surface area contributed by atoms with E-state index >= 15 is 0 Å². The molecule has 1 atom stereocenters. The van der Waals surface area contributed by atoms with Crippen LogP contribution in [0.15, 0.2) is 176 Å². The number of hydrogen-bond donors (Lipinski definition) is 1. The maximum Gasteiger partial charge on any atom is 0.145 e. The van der Waals surface area contributed by atoms with Crippen molar-refractivity contribution in [3.8, 4) is 28.2 Å². The summed E-state index contributed by atoms with van der Waals surface area (Å²) in [7, 11) is 2.29. The first-order valence-corrected chi connectivity index (χ1v) is 18.1. The van der Waals surface area contributed by atoms with Crippen LogP contribution < -0.4 is 4.48 Å². The molecule has 4 heteroatoms. The molecule has 0 radical (unpaired) electrons. The van der Waals surface area contributed by atoms with E-state index in [0.29, 0.717) is 4.48 Å². The fourth-order valence-electron chi connectivity index (χ4n) is 7.74. The number of quaternary nitrogens is 1. The Morgan fingerprint density at radius 1 is 0.585 bits per heavy atom. The van der Waals surface area contributed by atoms with Crippen LogP contribution in [-0.2, 0) is 0 Å². The lowest BCUT2D eigenvalue weighted by atomic mass is 10.0. The van der Waals surface area contributed by atoms with Gasteiger partial charge in [0.25, 0.3) is 0 Å². The molecule has 9 aromatic rings. The molecule has 1 unspecified atom stereocenters. The normalized spacial score (nSPS) is 12.9. The third kappa shape index (κ3) is 5.48. The van der Waals surface area contributed by atoms with Crippen LogP contribution in [0.4, 0.5) is 17.1 Å². The van der Waals surface area contributed by atoms with Gasteiger partial charge < -0.3 is 4.98 Å². The fraction of sp³-hybridized carbons (Fsp3) is 0.0408. The van der Waals surface area contributed by atoms with Crippen molar-refractivity contribution in [3.63, 3.8) is 0 Å². The van der Waals surface area contributed by atoms with E-state index in [4.69, 9.17) is 4.98 Å². The second-order valence-electron chi connectivity index (χ2n) is 13.6. The number of fused-ring (bicyclic) bond motifs is 4. The number of H-pyrrole nitrogens is 1. The van der Waals surface area contributed by atoms with Crippen molar-refractivity contribution in [2.75, 3.05) is 7.05 Å². The minimum absolute atomic E-state index is 0.488. The minimum Gasteiger partial charge on any atom is -0.355 e. The molecule has 0 spiro atoms. The number of nitrogens with zero attached hydrogens (tertiary/aromatic N) is 3. The van der Waals surface area contributed by atoms with Crippen molar-refractivity contribution < 1.29 is 0 Å². The average Bonchev–Trinajstić information content (AvgIpc) is 3.79. The van der Waals surface area contributed by atoms with Crippen LogP contribution in [0.5, 0.6) is 0 Å². The van der Waals surface area contributed by atoms with E-state index in [-0.39, 0.29) is 0 Å². The predicted octanol–water partition coefficient (Wildman–Crippen LogP) is 13.3. The Morgan fingerprint density at radius 3 is 1.94 bits per heavy atom. The molecule has 0 bridgehead atoms. The first-order chi connectivity index (χ1) is 26.0. The molecule has 2 aromatic heterocycles. The van der Waals surface area contributed by atoms with Gasteiger partial charge in [0, 0.05) is 69.5 Å². The first kappa shape index (κ1) is 32.2. The highest BCUT2D eigenvalue weighted by atomic mass is 15.3. The van der Waals surface area contributed by atoms with Gasteiger partial charge in [-0.05, 0) is 102 Å². The zero-order valence-corrected chi connectivity index (χ0v) is 29.9. The van der Waals surface area contributed by atoms with Gasteiger partial charge >= 0.3 is 0 Å². The number of rotatable bonds is 8. The SMILES string of the molecule is C=Cc1nc(-c2ccc([N+](C)(c3ccc(-c4ccc5[nH]c6ccccc6c5c4)cc3)c3ccc4ccccc4c3)cc2)n(-c2ccccc2)c1/C=C\C. The number of hydrogen-bond acceptors (Lipinski definition) is 1. The second kappa shape index (κ2) is 13.1. The Kier molecular flexibility index (Phi) is 7.95. The minimum atomic E-state index is 0.488. The van der Waals surface area contributed by atoms with E-state index in [1.807, 2.05) is 19.1 Å². The van der Waals surface area contributed by atoms with E-state index in [1.165, 1.54) is 44.0 Å². The molecule has 0 aliphatic carbocycles. The number of allylic oxidation sites excluding steroid dienone is 1. The molecule has 9 rings (SSSR count). The molecule has 53 heavy (non-hydrogen) atoms. The lowest BCUT2D eigenvalue weighted by molar-refractivity contribution is 0.628. The van der Waals surface area contributed by atoms with Crippen molar-refractivity contribution in [3.05, 3.63) is 188 Å². The fourth-order valence-corrected chi connectivity index (χ4v) is 7.74. The highest BCUT2D eigenvalue weighted by Crippen LogP contribution is 2.44. The molecule has 2 heterocycles. The summed E-state index contributed by atoms with van der Waals surface area (Å²) < 4.78 is 2.71. The summed E-state index contributed by atoms with van der Waals surface area (Å²) in [5, 5.41) is 4.93. The third-order valence-corrected chi connectivity index (χ3v) is 10.6. The Labute approximate surface area is 309 Å². The molecule has 254 valence electrons. The largest absolute Gasteiger partial charge is 0.355 e. The van der Waals surface area contributed by atoms with Gasteiger partial charge in [-0.15, -0.1) is 0 Å². The molecule has 0 aliphatic heterocycles. The lowest BCUT2D eigenvalue weighted by Gasteiger charge is -2.33. The Hall–Kier alpha value is -6.75. The Morgan fingerprint density at radius 2 is 1.21 bits per heavy atom. The average molecular weight is 684 g/mol. The quantitative estimate of drug-likeness (QED) is 0.159. The summed E-state index contributed by atoms with van der Waals surface area (Å²) in [6.45, 7) is 6.12. The van der Waals surface area contributed by atoms with Crippen LogP contribution in [0.25, 0.3) is 72.9 Å². The zero-order valence-electron chi connectivity index (χ0n) is 29.9. The molecule has 1 N–H and O–H groups in total. The van der Waals surface area contributed by atoms with Gasteiger partial charge in [-0.3, -0.25) is 4.57 Å². The third-order valence-electron chi connectivity index (χ3n) is 10.6. The number of aromatic nitrogens is 3. The van der Waals surface area contributed by atoms with Crippen molar-refractivity contribution in [1.29, 1.82) is 0 Å². The van der Waals surface area contributed by atoms with Gasteiger partial charge in [0.2, 0.25) is 0 Å². The van der Waals surface area contributed by atoms with Gasteiger partial charge in [-0.1, -0.05) is 79.4 Å². The second-order valence-corrected chi connectivity index (χ2v) is 13.6. The number of benzene rings is 7. The van der Waals surface area contributed by atoms with Crippen molar-refractivity contribution >= 4 is 61.8 Å². The maximum atomic E-state index is 5.09. The molecule has 0 saturated carbocycles. The number of nitrogens with one attached hydrogen (secondary N) is 1. The molecule has 7 aromatic carbocycles. The molecule has 0 saturated heterocycles. The maximum absolute atomic E-state index is 5.09. The van der Waals surface area contributed by atoms with Crippen molar-refractivity contribution in [2.24, 2.45) is 0 Å². The highest BCUT2D eigenvalue weighted by Gasteiger charge is 2.32.